The van der Waals surface area contributed by atoms with Gasteiger partial charge in [0.1, 0.15) is 23.4 Å². The fraction of sp³-hybridized carbons (Fsp3) is 0.381. The Balaban J connectivity index is 1.33. The van der Waals surface area contributed by atoms with Crippen molar-refractivity contribution >= 4 is 5.91 Å². The number of benzene rings is 2. The number of hydrogen-bond donors (Lipinski definition) is 1. The zero-order valence-electron chi connectivity index (χ0n) is 14.2. The molecule has 0 aromatic heterocycles. The summed E-state index contributed by atoms with van der Waals surface area (Å²) in [7, 11) is 0. The lowest BCUT2D eigenvalue weighted by Crippen LogP contribution is -2.37. The first-order valence-corrected chi connectivity index (χ1v) is 9.08. The van der Waals surface area contributed by atoms with Gasteiger partial charge < -0.3 is 14.8 Å². The molecule has 1 heterocycles. The van der Waals surface area contributed by atoms with Crippen LogP contribution in [0.5, 0.6) is 17.2 Å². The van der Waals surface area contributed by atoms with Crippen molar-refractivity contribution in [3.63, 3.8) is 0 Å². The maximum atomic E-state index is 12.1. The monoisotopic (exact) mass is 337 g/mol. The molecule has 1 saturated carbocycles. The maximum Gasteiger partial charge on any atom is 0.223 e. The van der Waals surface area contributed by atoms with Gasteiger partial charge >= 0.3 is 0 Å². The van der Waals surface area contributed by atoms with Gasteiger partial charge in [0.15, 0.2) is 0 Å². The number of fused-ring (bicyclic) bond motifs is 1. The molecule has 0 bridgehead atoms. The zero-order chi connectivity index (χ0) is 17.1. The number of hydrogen-bond acceptors (Lipinski definition) is 3. The first-order chi connectivity index (χ1) is 12.3. The molecule has 1 amide bonds. The van der Waals surface area contributed by atoms with Crippen molar-refractivity contribution in [2.24, 2.45) is 5.92 Å². The van der Waals surface area contributed by atoms with Crippen LogP contribution < -0.4 is 14.8 Å². The van der Waals surface area contributed by atoms with Crippen LogP contribution in [0.25, 0.3) is 0 Å². The second kappa shape index (κ2) is 7.18. The molecule has 1 N–H and O–H groups in total. The predicted molar refractivity (Wildman–Crippen MR) is 96.0 cm³/mol. The van der Waals surface area contributed by atoms with Crippen LogP contribution in [-0.2, 0) is 11.2 Å². The Morgan fingerprint density at radius 3 is 2.68 bits per heavy atom. The second-order valence-corrected chi connectivity index (χ2v) is 6.86. The quantitative estimate of drug-likeness (QED) is 0.894. The Bertz CT molecular complexity index is 738. The zero-order valence-corrected chi connectivity index (χ0v) is 14.2. The highest BCUT2D eigenvalue weighted by Crippen LogP contribution is 2.33. The molecule has 1 unspecified atom stereocenters. The van der Waals surface area contributed by atoms with Crippen molar-refractivity contribution in [3.8, 4) is 17.2 Å². The highest BCUT2D eigenvalue weighted by Gasteiger charge is 2.26. The van der Waals surface area contributed by atoms with E-state index >= 15 is 0 Å². The van der Waals surface area contributed by atoms with Gasteiger partial charge in [-0.3, -0.25) is 4.79 Å². The third-order valence-electron chi connectivity index (χ3n) is 4.98. The molecule has 4 rings (SSSR count). The minimum Gasteiger partial charge on any atom is -0.488 e. The van der Waals surface area contributed by atoms with E-state index in [4.69, 9.17) is 9.47 Å². The van der Waals surface area contributed by atoms with Crippen LogP contribution in [0, 0.1) is 5.92 Å². The molecule has 1 aliphatic carbocycles. The van der Waals surface area contributed by atoms with Gasteiger partial charge in [-0.2, -0.15) is 0 Å². The lowest BCUT2D eigenvalue weighted by Gasteiger charge is -2.14. The summed E-state index contributed by atoms with van der Waals surface area (Å²) in [5, 5.41) is 3.06. The van der Waals surface area contributed by atoms with Gasteiger partial charge in [0.2, 0.25) is 5.91 Å². The summed E-state index contributed by atoms with van der Waals surface area (Å²) in [6, 6.07) is 15.6. The first kappa shape index (κ1) is 16.0. The molecule has 0 saturated heterocycles. The number of carbonyl (C=O) groups excluding carboxylic acids is 1. The standard InChI is InChI=1S/C21H23NO3/c23-21(15-6-4-5-7-15)22-14-19-13-16-12-18(10-11-20(16)25-19)24-17-8-2-1-3-9-17/h1-3,8-12,15,19H,4-7,13-14H2,(H,22,23). The Labute approximate surface area is 148 Å². The minimum atomic E-state index is 0.00679. The molecule has 2 aromatic carbocycles. The average molecular weight is 337 g/mol. The minimum absolute atomic E-state index is 0.00679. The van der Waals surface area contributed by atoms with Gasteiger partial charge in [0, 0.05) is 17.9 Å². The Hall–Kier alpha value is -2.49. The summed E-state index contributed by atoms with van der Waals surface area (Å²) in [6.45, 7) is 0.568. The number of ether oxygens (including phenoxy) is 2. The Morgan fingerprint density at radius 2 is 1.88 bits per heavy atom. The van der Waals surface area contributed by atoms with Crippen LogP contribution in [-0.4, -0.2) is 18.6 Å². The predicted octanol–water partition coefficient (Wildman–Crippen LogP) is 4.09. The number of amides is 1. The highest BCUT2D eigenvalue weighted by atomic mass is 16.5. The SMILES string of the molecule is O=C(NCC1Cc2cc(Oc3ccccc3)ccc2O1)C1CCCC1. The van der Waals surface area contributed by atoms with E-state index in [0.717, 1.165) is 42.1 Å². The summed E-state index contributed by atoms with van der Waals surface area (Å²) in [6.07, 6.45) is 5.20. The van der Waals surface area contributed by atoms with Crippen molar-refractivity contribution in [1.82, 2.24) is 5.32 Å². The lowest BCUT2D eigenvalue weighted by atomic mass is 10.1. The summed E-state index contributed by atoms with van der Waals surface area (Å²) < 4.78 is 11.8. The van der Waals surface area contributed by atoms with E-state index in [1.807, 2.05) is 48.5 Å². The van der Waals surface area contributed by atoms with E-state index in [-0.39, 0.29) is 17.9 Å². The van der Waals surface area contributed by atoms with Gasteiger partial charge in [-0.15, -0.1) is 0 Å². The van der Waals surface area contributed by atoms with Crippen molar-refractivity contribution in [2.45, 2.75) is 38.2 Å². The van der Waals surface area contributed by atoms with Gasteiger partial charge in [-0.05, 0) is 43.2 Å². The van der Waals surface area contributed by atoms with Crippen molar-refractivity contribution in [3.05, 3.63) is 54.1 Å². The van der Waals surface area contributed by atoms with Gasteiger partial charge in [0.25, 0.3) is 0 Å². The summed E-state index contributed by atoms with van der Waals surface area (Å²) in [5.41, 5.74) is 1.13. The average Bonchev–Trinajstić information content (AvgIpc) is 3.30. The topological polar surface area (TPSA) is 47.6 Å². The smallest absolute Gasteiger partial charge is 0.223 e. The van der Waals surface area contributed by atoms with E-state index in [1.165, 1.54) is 12.8 Å². The first-order valence-electron chi connectivity index (χ1n) is 9.08. The fourth-order valence-electron chi connectivity index (χ4n) is 3.65. The molecular formula is C21H23NO3. The Morgan fingerprint density at radius 1 is 1.08 bits per heavy atom. The largest absolute Gasteiger partial charge is 0.488 e. The second-order valence-electron chi connectivity index (χ2n) is 6.86. The van der Waals surface area contributed by atoms with Crippen LogP contribution in [0.3, 0.4) is 0 Å². The third kappa shape index (κ3) is 3.78. The maximum absolute atomic E-state index is 12.1. The molecule has 4 heteroatoms. The van der Waals surface area contributed by atoms with Crippen LogP contribution in [0.2, 0.25) is 0 Å². The van der Waals surface area contributed by atoms with E-state index in [9.17, 15) is 4.79 Å². The summed E-state index contributed by atoms with van der Waals surface area (Å²) in [4.78, 5) is 12.1. The molecule has 2 aliphatic rings. The number of carbonyl (C=O) groups is 1. The normalized spacial score (nSPS) is 19.3. The number of para-hydroxylation sites is 1. The van der Waals surface area contributed by atoms with Crippen LogP contribution in [0.1, 0.15) is 31.2 Å². The molecular weight excluding hydrogens is 314 g/mol. The Kier molecular flexibility index (Phi) is 4.59. The number of nitrogens with one attached hydrogen (secondary N) is 1. The molecule has 4 nitrogen and oxygen atoms in total. The van der Waals surface area contributed by atoms with Crippen LogP contribution in [0.4, 0.5) is 0 Å². The molecule has 0 radical (unpaired) electrons. The molecule has 25 heavy (non-hydrogen) atoms. The fourth-order valence-corrected chi connectivity index (χ4v) is 3.65. The third-order valence-corrected chi connectivity index (χ3v) is 4.98. The van der Waals surface area contributed by atoms with Gasteiger partial charge in [-0.25, -0.2) is 0 Å². The van der Waals surface area contributed by atoms with E-state index < -0.39 is 0 Å². The molecule has 1 fully saturated rings. The van der Waals surface area contributed by atoms with Crippen LogP contribution >= 0.6 is 0 Å². The summed E-state index contributed by atoms with van der Waals surface area (Å²) in [5.74, 6) is 2.91. The molecule has 1 atom stereocenters. The summed E-state index contributed by atoms with van der Waals surface area (Å²) >= 11 is 0. The van der Waals surface area contributed by atoms with E-state index in [1.54, 1.807) is 0 Å². The molecule has 1 aliphatic heterocycles. The number of rotatable bonds is 5. The lowest BCUT2D eigenvalue weighted by molar-refractivity contribution is -0.125. The van der Waals surface area contributed by atoms with Crippen molar-refractivity contribution in [1.29, 1.82) is 0 Å². The van der Waals surface area contributed by atoms with Crippen molar-refractivity contribution < 1.29 is 14.3 Å². The molecule has 0 spiro atoms. The van der Waals surface area contributed by atoms with Gasteiger partial charge in [0.05, 0.1) is 6.54 Å². The van der Waals surface area contributed by atoms with Gasteiger partial charge in [-0.1, -0.05) is 31.0 Å². The highest BCUT2D eigenvalue weighted by molar-refractivity contribution is 5.78. The molecule has 2 aromatic rings. The van der Waals surface area contributed by atoms with Crippen molar-refractivity contribution in [2.75, 3.05) is 6.54 Å². The van der Waals surface area contributed by atoms with Crippen LogP contribution in [0.15, 0.2) is 48.5 Å². The van der Waals surface area contributed by atoms with E-state index in [0.29, 0.717) is 6.54 Å². The van der Waals surface area contributed by atoms with E-state index in [2.05, 4.69) is 5.32 Å². The molecule has 130 valence electrons.